The molecule has 7 nitrogen and oxygen atoms in total. The number of hydrogen-bond acceptors (Lipinski definition) is 4. The lowest BCUT2D eigenvalue weighted by molar-refractivity contribution is 0.0819. The first-order valence-electron chi connectivity index (χ1n) is 9.96. The summed E-state index contributed by atoms with van der Waals surface area (Å²) < 4.78 is 2.98. The lowest BCUT2D eigenvalue weighted by atomic mass is 9.77. The van der Waals surface area contributed by atoms with Gasteiger partial charge in [-0.2, -0.15) is 0 Å². The highest BCUT2D eigenvalue weighted by molar-refractivity contribution is 5.70. The second-order valence-corrected chi connectivity index (χ2v) is 7.96. The second kappa shape index (κ2) is 6.68. The number of H-pyrrole nitrogens is 1. The van der Waals surface area contributed by atoms with E-state index in [1.54, 1.807) is 4.57 Å². The van der Waals surface area contributed by atoms with Gasteiger partial charge in [-0.3, -0.25) is 13.9 Å². The minimum absolute atomic E-state index is 0.215. The fourth-order valence-electron chi connectivity index (χ4n) is 5.13. The molecule has 26 heavy (non-hydrogen) atoms. The van der Waals surface area contributed by atoms with Gasteiger partial charge in [0.1, 0.15) is 11.3 Å². The van der Waals surface area contributed by atoms with Crippen LogP contribution < -0.4 is 11.2 Å². The van der Waals surface area contributed by atoms with E-state index in [-0.39, 0.29) is 23.3 Å². The highest BCUT2D eigenvalue weighted by atomic mass is 16.3. The second-order valence-electron chi connectivity index (χ2n) is 7.96. The summed E-state index contributed by atoms with van der Waals surface area (Å²) in [6.07, 6.45) is 5.14. The number of aryl methyl sites for hydroxylation is 1. The van der Waals surface area contributed by atoms with Crippen molar-refractivity contribution in [3.63, 3.8) is 0 Å². The summed E-state index contributed by atoms with van der Waals surface area (Å²) in [5.74, 6) is 1.91. The van der Waals surface area contributed by atoms with Crippen LogP contribution in [0.2, 0.25) is 0 Å². The monoisotopic (exact) mass is 360 g/mol. The largest absolute Gasteiger partial charge is 0.393 e. The molecule has 0 aromatic carbocycles. The molecule has 0 spiro atoms. The van der Waals surface area contributed by atoms with Crippen LogP contribution in [-0.4, -0.2) is 30.3 Å². The van der Waals surface area contributed by atoms with Gasteiger partial charge in [-0.25, -0.2) is 9.78 Å². The van der Waals surface area contributed by atoms with Crippen molar-refractivity contribution in [2.75, 3.05) is 0 Å². The summed E-state index contributed by atoms with van der Waals surface area (Å²) in [4.78, 5) is 33.7. The Morgan fingerprint density at radius 2 is 1.69 bits per heavy atom. The normalized spacial score (nSPS) is 28.1. The predicted molar refractivity (Wildman–Crippen MR) is 99.4 cm³/mol. The molecule has 2 unspecified atom stereocenters. The molecule has 2 aliphatic carbocycles. The average molecular weight is 360 g/mol. The number of aromatic nitrogens is 4. The summed E-state index contributed by atoms with van der Waals surface area (Å²) in [5, 5.41) is 10.1. The van der Waals surface area contributed by atoms with Crippen LogP contribution in [0.5, 0.6) is 0 Å². The van der Waals surface area contributed by atoms with Crippen LogP contribution in [0.1, 0.15) is 64.1 Å². The molecule has 2 bridgehead atoms. The van der Waals surface area contributed by atoms with Gasteiger partial charge in [0.25, 0.3) is 5.56 Å². The number of aliphatic hydroxyl groups is 1. The fraction of sp³-hybridized carbons (Fsp3) is 0.737. The molecule has 142 valence electrons. The molecule has 0 saturated heterocycles. The first-order valence-corrected chi connectivity index (χ1v) is 9.96. The third kappa shape index (κ3) is 2.64. The van der Waals surface area contributed by atoms with Crippen LogP contribution in [0.3, 0.4) is 0 Å². The zero-order valence-corrected chi connectivity index (χ0v) is 15.6. The molecule has 0 radical (unpaired) electrons. The molecule has 2 aromatic heterocycles. The maximum absolute atomic E-state index is 12.9. The highest BCUT2D eigenvalue weighted by Crippen LogP contribution is 2.51. The number of rotatable bonds is 5. The summed E-state index contributed by atoms with van der Waals surface area (Å²) in [6.45, 7) is 4.96. The van der Waals surface area contributed by atoms with Crippen LogP contribution in [0.4, 0.5) is 0 Å². The maximum atomic E-state index is 12.9. The van der Waals surface area contributed by atoms with Gasteiger partial charge >= 0.3 is 5.69 Å². The molecular weight excluding hydrogens is 332 g/mol. The third-order valence-corrected chi connectivity index (χ3v) is 6.16. The van der Waals surface area contributed by atoms with Gasteiger partial charge in [-0.1, -0.05) is 13.8 Å². The Balaban J connectivity index is 1.87. The van der Waals surface area contributed by atoms with E-state index in [1.165, 1.54) is 4.57 Å². The Labute approximate surface area is 152 Å². The zero-order valence-electron chi connectivity index (χ0n) is 15.6. The number of aromatic amines is 1. The third-order valence-electron chi connectivity index (χ3n) is 6.16. The molecule has 2 aliphatic rings. The topological polar surface area (TPSA) is 92.9 Å². The molecule has 2 fully saturated rings. The van der Waals surface area contributed by atoms with Crippen molar-refractivity contribution < 1.29 is 5.11 Å². The minimum Gasteiger partial charge on any atom is -0.393 e. The summed E-state index contributed by atoms with van der Waals surface area (Å²) >= 11 is 0. The Morgan fingerprint density at radius 1 is 1.08 bits per heavy atom. The van der Waals surface area contributed by atoms with Crippen LogP contribution in [0.25, 0.3) is 11.2 Å². The van der Waals surface area contributed by atoms with Crippen molar-refractivity contribution in [3.05, 3.63) is 26.7 Å². The van der Waals surface area contributed by atoms with E-state index >= 15 is 0 Å². The first kappa shape index (κ1) is 17.5. The number of fused-ring (bicyclic) bond motifs is 3. The Hall–Kier alpha value is -1.89. The van der Waals surface area contributed by atoms with Gasteiger partial charge in [0.2, 0.25) is 0 Å². The van der Waals surface area contributed by atoms with E-state index < -0.39 is 0 Å². The summed E-state index contributed by atoms with van der Waals surface area (Å²) in [7, 11) is 0. The van der Waals surface area contributed by atoms with Crippen LogP contribution >= 0.6 is 0 Å². The summed E-state index contributed by atoms with van der Waals surface area (Å²) in [5.41, 5.74) is 0.425. The lowest BCUT2D eigenvalue weighted by Crippen LogP contribution is -2.40. The number of nitrogens with one attached hydrogen (secondary N) is 1. The van der Waals surface area contributed by atoms with Gasteiger partial charge in [0.05, 0.1) is 6.10 Å². The minimum atomic E-state index is -0.263. The molecule has 2 heterocycles. The van der Waals surface area contributed by atoms with Gasteiger partial charge in [-0.15, -0.1) is 0 Å². The van der Waals surface area contributed by atoms with E-state index in [2.05, 4.69) is 4.98 Å². The molecule has 0 amide bonds. The van der Waals surface area contributed by atoms with Crippen molar-refractivity contribution in [2.45, 2.75) is 77.5 Å². The van der Waals surface area contributed by atoms with E-state index in [9.17, 15) is 14.7 Å². The number of imidazole rings is 1. The number of aliphatic hydroxyl groups excluding tert-OH is 1. The van der Waals surface area contributed by atoms with Crippen molar-refractivity contribution in [1.82, 2.24) is 19.1 Å². The van der Waals surface area contributed by atoms with Gasteiger partial charge in [0, 0.05) is 19.0 Å². The molecule has 2 aromatic rings. The van der Waals surface area contributed by atoms with E-state index in [0.717, 1.165) is 44.3 Å². The molecule has 7 heteroatoms. The van der Waals surface area contributed by atoms with Gasteiger partial charge in [0.15, 0.2) is 5.65 Å². The molecule has 2 N–H and O–H groups in total. The van der Waals surface area contributed by atoms with E-state index in [1.807, 2.05) is 13.8 Å². The van der Waals surface area contributed by atoms with Crippen LogP contribution in [0.15, 0.2) is 9.59 Å². The first-order chi connectivity index (χ1) is 12.5. The van der Waals surface area contributed by atoms with E-state index in [4.69, 9.17) is 4.98 Å². The van der Waals surface area contributed by atoms with Gasteiger partial charge in [-0.05, 0) is 50.4 Å². The number of nitrogens with zero attached hydrogens (tertiary/aromatic N) is 3. The van der Waals surface area contributed by atoms with Crippen LogP contribution in [-0.2, 0) is 13.1 Å². The quantitative estimate of drug-likeness (QED) is 0.852. The maximum Gasteiger partial charge on any atom is 0.332 e. The van der Waals surface area contributed by atoms with Crippen LogP contribution in [0, 0.1) is 11.8 Å². The van der Waals surface area contributed by atoms with Crippen molar-refractivity contribution in [3.8, 4) is 0 Å². The SMILES string of the molecule is CCCn1c(=O)c2[nH]c(C3C4CCC3CC(O)C4)nc2n(CCC)c1=O. The fourth-order valence-corrected chi connectivity index (χ4v) is 5.13. The average Bonchev–Trinajstić information content (AvgIpc) is 3.15. The Bertz CT molecular complexity index is 911. The predicted octanol–water partition coefficient (Wildman–Crippen LogP) is 1.97. The van der Waals surface area contributed by atoms with E-state index in [0.29, 0.717) is 36.1 Å². The molecule has 2 saturated carbocycles. The summed E-state index contributed by atoms with van der Waals surface area (Å²) in [6, 6.07) is 0. The van der Waals surface area contributed by atoms with Crippen molar-refractivity contribution in [1.29, 1.82) is 0 Å². The van der Waals surface area contributed by atoms with Crippen molar-refractivity contribution >= 4 is 11.2 Å². The highest BCUT2D eigenvalue weighted by Gasteiger charge is 2.44. The molecular formula is C19H28N4O3. The molecule has 2 atom stereocenters. The Kier molecular flexibility index (Phi) is 4.50. The van der Waals surface area contributed by atoms with Crippen molar-refractivity contribution in [2.24, 2.45) is 11.8 Å². The lowest BCUT2D eigenvalue weighted by Gasteiger charge is -2.31. The zero-order chi connectivity index (χ0) is 18.4. The van der Waals surface area contributed by atoms with Gasteiger partial charge < -0.3 is 10.1 Å². The molecule has 0 aliphatic heterocycles. The smallest absolute Gasteiger partial charge is 0.332 e. The molecule has 4 rings (SSSR count). The Morgan fingerprint density at radius 3 is 2.31 bits per heavy atom. The number of hydrogen-bond donors (Lipinski definition) is 2. The standard InChI is InChI=1S/C19H28N4O3/c1-3-7-22-17-15(18(25)23(8-4-2)19(22)26)20-16(21-17)14-11-5-6-12(14)10-13(24)9-11/h11-14,24H,3-10H2,1-2H3,(H,20,21).